The molecule has 6 heteroatoms. The number of benzene rings is 2. The summed E-state index contributed by atoms with van der Waals surface area (Å²) in [6.45, 7) is 1.90. The number of nitrogens with two attached hydrogens (primary N) is 1. The number of hydrogen-bond donors (Lipinski definition) is 2. The van der Waals surface area contributed by atoms with Gasteiger partial charge in [-0.25, -0.2) is 9.37 Å². The molecule has 0 spiro atoms. The predicted molar refractivity (Wildman–Crippen MR) is 108 cm³/mol. The number of pyridine rings is 2. The van der Waals surface area contributed by atoms with Crippen LogP contribution in [0.1, 0.15) is 15.9 Å². The van der Waals surface area contributed by atoms with Crippen LogP contribution < -0.4 is 11.1 Å². The summed E-state index contributed by atoms with van der Waals surface area (Å²) in [5.74, 6) is -0.311. The van der Waals surface area contributed by atoms with E-state index in [0.29, 0.717) is 27.8 Å². The van der Waals surface area contributed by atoms with Gasteiger partial charge in [0, 0.05) is 17.8 Å². The van der Waals surface area contributed by atoms with Gasteiger partial charge in [-0.1, -0.05) is 24.3 Å². The number of carbonyl (C=O) groups excluding carboxylic acids is 1. The average Bonchev–Trinajstić information content (AvgIpc) is 2.68. The number of carbonyl (C=O) groups is 1. The second-order valence-electron chi connectivity index (χ2n) is 6.53. The van der Waals surface area contributed by atoms with Gasteiger partial charge in [0.25, 0.3) is 5.91 Å². The van der Waals surface area contributed by atoms with Crippen LogP contribution in [0.15, 0.2) is 67.1 Å². The number of halogens is 1. The molecular formula is C22H17FN4O. The SMILES string of the molecule is Cc1cncc(NC(=O)c2cnc(N)c3cc(-c4cccc(F)c4)ccc23)c1. The molecule has 3 N–H and O–H groups in total. The minimum atomic E-state index is -0.316. The van der Waals surface area contributed by atoms with E-state index in [9.17, 15) is 9.18 Å². The number of fused-ring (bicyclic) bond motifs is 1. The lowest BCUT2D eigenvalue weighted by molar-refractivity contribution is 0.102. The van der Waals surface area contributed by atoms with E-state index in [4.69, 9.17) is 5.73 Å². The lowest BCUT2D eigenvalue weighted by atomic mass is 9.99. The van der Waals surface area contributed by atoms with Crippen molar-refractivity contribution in [3.63, 3.8) is 0 Å². The van der Waals surface area contributed by atoms with E-state index in [0.717, 1.165) is 16.7 Å². The predicted octanol–water partition coefficient (Wildman–Crippen LogP) is 4.58. The summed E-state index contributed by atoms with van der Waals surface area (Å²) >= 11 is 0. The zero-order valence-corrected chi connectivity index (χ0v) is 15.1. The van der Waals surface area contributed by atoms with Gasteiger partial charge in [0.2, 0.25) is 0 Å². The Labute approximate surface area is 161 Å². The third-order valence-corrected chi connectivity index (χ3v) is 4.45. The minimum absolute atomic E-state index is 0.302. The van der Waals surface area contributed by atoms with Gasteiger partial charge in [-0.05, 0) is 53.3 Å². The number of aryl methyl sites for hydroxylation is 1. The number of rotatable bonds is 3. The van der Waals surface area contributed by atoms with Crippen molar-refractivity contribution < 1.29 is 9.18 Å². The summed E-state index contributed by atoms with van der Waals surface area (Å²) < 4.78 is 13.6. The number of nitrogens with zero attached hydrogens (tertiary/aromatic N) is 2. The highest BCUT2D eigenvalue weighted by molar-refractivity contribution is 6.14. The summed E-state index contributed by atoms with van der Waals surface area (Å²) in [6.07, 6.45) is 4.75. The first-order valence-electron chi connectivity index (χ1n) is 8.68. The Bertz CT molecular complexity index is 1210. The van der Waals surface area contributed by atoms with Crippen LogP contribution in [-0.2, 0) is 0 Å². The van der Waals surface area contributed by atoms with Gasteiger partial charge in [-0.2, -0.15) is 0 Å². The van der Waals surface area contributed by atoms with Gasteiger partial charge in [0.15, 0.2) is 0 Å². The first kappa shape index (κ1) is 17.6. The Morgan fingerprint density at radius 3 is 2.61 bits per heavy atom. The molecule has 0 bridgehead atoms. The first-order chi connectivity index (χ1) is 13.5. The first-order valence-corrected chi connectivity index (χ1v) is 8.68. The fraction of sp³-hybridized carbons (Fsp3) is 0.0455. The van der Waals surface area contributed by atoms with Crippen LogP contribution in [0, 0.1) is 12.7 Å². The van der Waals surface area contributed by atoms with Gasteiger partial charge in [0.1, 0.15) is 11.6 Å². The van der Waals surface area contributed by atoms with Crippen molar-refractivity contribution in [3.8, 4) is 11.1 Å². The van der Waals surface area contributed by atoms with E-state index in [2.05, 4.69) is 15.3 Å². The van der Waals surface area contributed by atoms with Crippen molar-refractivity contribution in [2.75, 3.05) is 11.1 Å². The lowest BCUT2D eigenvalue weighted by Gasteiger charge is -2.11. The van der Waals surface area contributed by atoms with Gasteiger partial charge in [0.05, 0.1) is 17.4 Å². The van der Waals surface area contributed by atoms with E-state index < -0.39 is 0 Å². The number of anilines is 2. The van der Waals surface area contributed by atoms with Crippen molar-refractivity contribution in [3.05, 3.63) is 84.1 Å². The second kappa shape index (κ2) is 7.08. The molecule has 0 unspecified atom stereocenters. The quantitative estimate of drug-likeness (QED) is 0.552. The monoisotopic (exact) mass is 372 g/mol. The molecule has 4 rings (SSSR count). The van der Waals surface area contributed by atoms with Crippen molar-refractivity contribution >= 4 is 28.2 Å². The maximum atomic E-state index is 13.6. The topological polar surface area (TPSA) is 80.9 Å². The Morgan fingerprint density at radius 1 is 1.00 bits per heavy atom. The molecule has 0 atom stereocenters. The fourth-order valence-corrected chi connectivity index (χ4v) is 3.11. The standard InChI is InChI=1S/C22H17FN4O/c1-13-7-17(11-25-10-13)27-22(28)20-12-26-21(24)19-9-15(5-6-18(19)20)14-3-2-4-16(23)8-14/h2-12H,1H3,(H2,24,26)(H,27,28). The Morgan fingerprint density at radius 2 is 1.82 bits per heavy atom. The number of hydrogen-bond acceptors (Lipinski definition) is 4. The van der Waals surface area contributed by atoms with Crippen LogP contribution in [0.3, 0.4) is 0 Å². The molecule has 0 aliphatic carbocycles. The molecule has 0 radical (unpaired) electrons. The third-order valence-electron chi connectivity index (χ3n) is 4.45. The number of amides is 1. The summed E-state index contributed by atoms with van der Waals surface area (Å²) in [6, 6.07) is 13.6. The van der Waals surface area contributed by atoms with Gasteiger partial charge < -0.3 is 11.1 Å². The highest BCUT2D eigenvalue weighted by atomic mass is 19.1. The maximum absolute atomic E-state index is 13.6. The maximum Gasteiger partial charge on any atom is 0.257 e. The highest BCUT2D eigenvalue weighted by Crippen LogP contribution is 2.29. The molecule has 0 saturated carbocycles. The zero-order valence-electron chi connectivity index (χ0n) is 15.1. The van der Waals surface area contributed by atoms with Crippen LogP contribution in [0.4, 0.5) is 15.9 Å². The molecule has 2 heterocycles. The van der Waals surface area contributed by atoms with Crippen molar-refractivity contribution in [1.82, 2.24) is 9.97 Å². The van der Waals surface area contributed by atoms with Crippen LogP contribution >= 0.6 is 0 Å². The summed E-state index contributed by atoms with van der Waals surface area (Å²) in [7, 11) is 0. The molecule has 2 aromatic carbocycles. The number of nitrogen functional groups attached to an aromatic ring is 1. The van der Waals surface area contributed by atoms with Crippen LogP contribution in [0.25, 0.3) is 21.9 Å². The van der Waals surface area contributed by atoms with E-state index in [1.807, 2.05) is 31.2 Å². The van der Waals surface area contributed by atoms with E-state index in [1.165, 1.54) is 18.3 Å². The van der Waals surface area contributed by atoms with Crippen molar-refractivity contribution in [1.29, 1.82) is 0 Å². The van der Waals surface area contributed by atoms with Crippen molar-refractivity contribution in [2.45, 2.75) is 6.92 Å². The molecule has 0 aliphatic heterocycles. The molecule has 1 amide bonds. The highest BCUT2D eigenvalue weighted by Gasteiger charge is 2.14. The smallest absolute Gasteiger partial charge is 0.257 e. The molecule has 2 aromatic heterocycles. The Balaban J connectivity index is 1.76. The third kappa shape index (κ3) is 3.40. The minimum Gasteiger partial charge on any atom is -0.383 e. The van der Waals surface area contributed by atoms with Crippen LogP contribution in [-0.4, -0.2) is 15.9 Å². The van der Waals surface area contributed by atoms with E-state index in [1.54, 1.807) is 24.5 Å². The van der Waals surface area contributed by atoms with Gasteiger partial charge in [-0.3, -0.25) is 9.78 Å². The summed E-state index contributed by atoms with van der Waals surface area (Å²) in [5, 5.41) is 4.14. The Kier molecular flexibility index (Phi) is 4.45. The molecule has 4 aromatic rings. The molecule has 0 saturated heterocycles. The molecule has 0 aliphatic rings. The van der Waals surface area contributed by atoms with Gasteiger partial charge >= 0.3 is 0 Å². The molecule has 28 heavy (non-hydrogen) atoms. The molecule has 0 fully saturated rings. The molecule has 5 nitrogen and oxygen atoms in total. The number of aromatic nitrogens is 2. The van der Waals surface area contributed by atoms with Crippen LogP contribution in [0.2, 0.25) is 0 Å². The fourth-order valence-electron chi connectivity index (χ4n) is 3.11. The molecular weight excluding hydrogens is 355 g/mol. The normalized spacial score (nSPS) is 10.8. The second-order valence-corrected chi connectivity index (χ2v) is 6.53. The lowest BCUT2D eigenvalue weighted by Crippen LogP contribution is -2.13. The molecule has 138 valence electrons. The summed E-state index contributed by atoms with van der Waals surface area (Å²) in [4.78, 5) is 21.0. The van der Waals surface area contributed by atoms with E-state index >= 15 is 0 Å². The zero-order chi connectivity index (χ0) is 19.7. The largest absolute Gasteiger partial charge is 0.383 e. The average molecular weight is 372 g/mol. The van der Waals surface area contributed by atoms with Crippen LogP contribution in [0.5, 0.6) is 0 Å². The van der Waals surface area contributed by atoms with E-state index in [-0.39, 0.29) is 11.7 Å². The Hall–Kier alpha value is -3.80. The van der Waals surface area contributed by atoms with Gasteiger partial charge in [-0.15, -0.1) is 0 Å². The van der Waals surface area contributed by atoms with Crippen molar-refractivity contribution in [2.24, 2.45) is 0 Å². The summed E-state index contributed by atoms with van der Waals surface area (Å²) in [5.41, 5.74) is 9.51. The number of nitrogens with one attached hydrogen (secondary N) is 1.